The molecule has 4 rings (SSSR count). The van der Waals surface area contributed by atoms with Crippen LogP contribution in [-0.4, -0.2) is 39.6 Å². The summed E-state index contributed by atoms with van der Waals surface area (Å²) >= 11 is 0. The highest BCUT2D eigenvalue weighted by molar-refractivity contribution is 6.04. The number of fused-ring (bicyclic) bond motifs is 1. The first-order valence-corrected chi connectivity index (χ1v) is 8.00. The van der Waals surface area contributed by atoms with Gasteiger partial charge in [0.25, 0.3) is 5.91 Å². The zero-order chi connectivity index (χ0) is 15.0. The second kappa shape index (κ2) is 5.35. The van der Waals surface area contributed by atoms with E-state index in [9.17, 15) is 4.79 Å². The molecule has 6 nitrogen and oxygen atoms in total. The first-order chi connectivity index (χ1) is 10.8. The maximum atomic E-state index is 12.6. The minimum absolute atomic E-state index is 0.0100. The molecule has 1 aliphatic carbocycles. The number of carbonyl (C=O) groups excluding carboxylic acids is 1. The van der Waals surface area contributed by atoms with E-state index in [1.54, 1.807) is 6.07 Å². The van der Waals surface area contributed by atoms with Crippen LogP contribution in [0.5, 0.6) is 0 Å². The van der Waals surface area contributed by atoms with Crippen molar-refractivity contribution in [3.63, 3.8) is 0 Å². The molecule has 0 radical (unpaired) electrons. The third kappa shape index (κ3) is 2.37. The number of benzene rings is 1. The van der Waals surface area contributed by atoms with Gasteiger partial charge in [0.05, 0.1) is 11.2 Å². The molecule has 6 heteroatoms. The van der Waals surface area contributed by atoms with Gasteiger partial charge in [-0.05, 0) is 37.8 Å². The number of nitrogens with one attached hydrogen (secondary N) is 2. The van der Waals surface area contributed by atoms with E-state index in [-0.39, 0.29) is 17.6 Å². The average molecular weight is 300 g/mol. The van der Waals surface area contributed by atoms with Gasteiger partial charge in [-0.25, -0.2) is 0 Å². The first-order valence-electron chi connectivity index (χ1n) is 8.00. The number of rotatable bonds is 2. The Morgan fingerprint density at radius 2 is 2.18 bits per heavy atom. The van der Waals surface area contributed by atoms with Crippen molar-refractivity contribution in [2.45, 2.75) is 50.2 Å². The van der Waals surface area contributed by atoms with Crippen LogP contribution in [0.15, 0.2) is 18.2 Å². The molecule has 1 spiro atoms. The highest BCUT2D eigenvalue weighted by Gasteiger charge is 2.40. The fourth-order valence-electron chi connectivity index (χ4n) is 3.83. The molecule has 1 unspecified atom stereocenters. The van der Waals surface area contributed by atoms with Crippen LogP contribution < -0.4 is 5.32 Å². The zero-order valence-electron chi connectivity index (χ0n) is 12.5. The van der Waals surface area contributed by atoms with E-state index in [1.165, 1.54) is 12.8 Å². The van der Waals surface area contributed by atoms with Crippen LogP contribution in [0.1, 0.15) is 48.9 Å². The summed E-state index contributed by atoms with van der Waals surface area (Å²) in [5.41, 5.74) is 1.93. The molecule has 2 fully saturated rings. The maximum absolute atomic E-state index is 12.6. The maximum Gasteiger partial charge on any atom is 0.253 e. The number of hydrogen-bond acceptors (Lipinski definition) is 4. The topological polar surface area (TPSA) is 79.9 Å². The van der Waals surface area contributed by atoms with Gasteiger partial charge >= 0.3 is 0 Å². The van der Waals surface area contributed by atoms with Crippen molar-refractivity contribution in [2.75, 3.05) is 6.61 Å². The van der Waals surface area contributed by atoms with Gasteiger partial charge in [0, 0.05) is 12.6 Å². The Kier molecular flexibility index (Phi) is 3.33. The van der Waals surface area contributed by atoms with Crippen LogP contribution in [-0.2, 0) is 4.74 Å². The SMILES string of the molecule is O=C(NC1CCOC2(CCCC2)C1)c1cccc2n[nH]nc12. The molecule has 1 saturated carbocycles. The molecule has 1 atom stereocenters. The largest absolute Gasteiger partial charge is 0.375 e. The molecule has 1 amide bonds. The van der Waals surface area contributed by atoms with Crippen molar-refractivity contribution in [2.24, 2.45) is 0 Å². The van der Waals surface area contributed by atoms with Crippen molar-refractivity contribution in [3.8, 4) is 0 Å². The Balaban J connectivity index is 1.51. The highest BCUT2D eigenvalue weighted by Crippen LogP contribution is 2.40. The fourth-order valence-corrected chi connectivity index (χ4v) is 3.83. The molecular weight excluding hydrogens is 280 g/mol. The number of amides is 1. The van der Waals surface area contributed by atoms with E-state index in [1.807, 2.05) is 12.1 Å². The van der Waals surface area contributed by atoms with Gasteiger partial charge in [-0.3, -0.25) is 4.79 Å². The summed E-state index contributed by atoms with van der Waals surface area (Å²) in [7, 11) is 0. The van der Waals surface area contributed by atoms with Crippen LogP contribution in [0, 0.1) is 0 Å². The minimum atomic E-state index is -0.0699. The smallest absolute Gasteiger partial charge is 0.253 e. The van der Waals surface area contributed by atoms with Gasteiger partial charge in [-0.15, -0.1) is 0 Å². The number of carbonyl (C=O) groups is 1. The van der Waals surface area contributed by atoms with Crippen molar-refractivity contribution < 1.29 is 9.53 Å². The monoisotopic (exact) mass is 300 g/mol. The number of ether oxygens (including phenoxy) is 1. The third-order valence-corrected chi connectivity index (χ3v) is 4.93. The normalized spacial score (nSPS) is 23.9. The van der Waals surface area contributed by atoms with Gasteiger partial charge in [0.1, 0.15) is 11.0 Å². The van der Waals surface area contributed by atoms with Crippen LogP contribution in [0.25, 0.3) is 11.0 Å². The summed E-state index contributed by atoms with van der Waals surface area (Å²) in [6.07, 6.45) is 6.52. The quantitative estimate of drug-likeness (QED) is 0.891. The van der Waals surface area contributed by atoms with E-state index in [0.717, 1.165) is 32.3 Å². The summed E-state index contributed by atoms with van der Waals surface area (Å²) in [6, 6.07) is 5.66. The molecule has 1 aromatic heterocycles. The molecule has 2 aromatic rings. The zero-order valence-corrected chi connectivity index (χ0v) is 12.5. The number of para-hydroxylation sites is 1. The Labute approximate surface area is 128 Å². The summed E-state index contributed by atoms with van der Waals surface area (Å²) in [4.78, 5) is 12.6. The van der Waals surface area contributed by atoms with Crippen molar-refractivity contribution in [1.29, 1.82) is 0 Å². The molecule has 2 N–H and O–H groups in total. The number of hydrogen-bond donors (Lipinski definition) is 2. The summed E-state index contributed by atoms with van der Waals surface area (Å²) in [6.45, 7) is 0.735. The second-order valence-corrected chi connectivity index (χ2v) is 6.40. The van der Waals surface area contributed by atoms with E-state index in [2.05, 4.69) is 20.7 Å². The lowest BCUT2D eigenvalue weighted by Gasteiger charge is -2.38. The first kappa shape index (κ1) is 13.7. The lowest BCUT2D eigenvalue weighted by Crippen LogP contribution is -2.47. The Hall–Kier alpha value is -1.95. The van der Waals surface area contributed by atoms with E-state index < -0.39 is 0 Å². The van der Waals surface area contributed by atoms with Crippen molar-refractivity contribution in [3.05, 3.63) is 23.8 Å². The summed E-state index contributed by atoms with van der Waals surface area (Å²) < 4.78 is 6.02. The number of nitrogens with zero attached hydrogens (tertiary/aromatic N) is 2. The fraction of sp³-hybridized carbons (Fsp3) is 0.562. The van der Waals surface area contributed by atoms with Gasteiger partial charge < -0.3 is 10.1 Å². The van der Waals surface area contributed by atoms with Crippen LogP contribution in [0.3, 0.4) is 0 Å². The van der Waals surface area contributed by atoms with Crippen LogP contribution in [0.4, 0.5) is 0 Å². The average Bonchev–Trinajstić information content (AvgIpc) is 3.16. The van der Waals surface area contributed by atoms with Crippen LogP contribution in [0.2, 0.25) is 0 Å². The number of H-pyrrole nitrogens is 1. The Morgan fingerprint density at radius 1 is 1.32 bits per heavy atom. The molecule has 1 saturated heterocycles. The van der Waals surface area contributed by atoms with Crippen molar-refractivity contribution >= 4 is 16.9 Å². The Morgan fingerprint density at radius 3 is 3.05 bits per heavy atom. The number of aromatic amines is 1. The molecule has 1 aliphatic heterocycles. The molecule has 2 heterocycles. The van der Waals surface area contributed by atoms with Crippen LogP contribution >= 0.6 is 0 Å². The molecule has 116 valence electrons. The van der Waals surface area contributed by atoms with E-state index in [4.69, 9.17) is 4.74 Å². The van der Waals surface area contributed by atoms with Gasteiger partial charge in [-0.1, -0.05) is 18.9 Å². The van der Waals surface area contributed by atoms with Gasteiger partial charge in [0.2, 0.25) is 0 Å². The predicted molar refractivity (Wildman–Crippen MR) is 81.5 cm³/mol. The van der Waals surface area contributed by atoms with E-state index >= 15 is 0 Å². The lowest BCUT2D eigenvalue weighted by molar-refractivity contribution is -0.0823. The third-order valence-electron chi connectivity index (χ3n) is 4.93. The van der Waals surface area contributed by atoms with Gasteiger partial charge in [-0.2, -0.15) is 15.4 Å². The standard InChI is InChI=1S/C16H20N4O2/c21-15(12-4-3-5-13-14(12)19-20-18-13)17-11-6-9-22-16(10-11)7-1-2-8-16/h3-5,11H,1-2,6-10H2,(H,17,21)(H,18,19,20). The predicted octanol–water partition coefficient (Wildman–Crippen LogP) is 2.18. The Bertz CT molecular complexity index is 690. The second-order valence-electron chi connectivity index (χ2n) is 6.40. The summed E-state index contributed by atoms with van der Waals surface area (Å²) in [5.74, 6) is -0.0699. The lowest BCUT2D eigenvalue weighted by atomic mass is 9.89. The molecule has 2 aliphatic rings. The van der Waals surface area contributed by atoms with E-state index in [0.29, 0.717) is 16.6 Å². The molecule has 1 aromatic carbocycles. The number of aromatic nitrogens is 3. The van der Waals surface area contributed by atoms with Gasteiger partial charge in [0.15, 0.2) is 0 Å². The minimum Gasteiger partial charge on any atom is -0.375 e. The molecule has 22 heavy (non-hydrogen) atoms. The molecular formula is C16H20N4O2. The summed E-state index contributed by atoms with van der Waals surface area (Å²) in [5, 5.41) is 13.9. The van der Waals surface area contributed by atoms with Crippen molar-refractivity contribution in [1.82, 2.24) is 20.7 Å². The molecule has 0 bridgehead atoms. The highest BCUT2D eigenvalue weighted by atomic mass is 16.5.